The third-order valence-corrected chi connectivity index (χ3v) is 9.66. The van der Waals surface area contributed by atoms with Crippen molar-refractivity contribution in [2.24, 2.45) is 0 Å². The van der Waals surface area contributed by atoms with E-state index in [9.17, 15) is 13.2 Å². The Labute approximate surface area is 249 Å². The average Bonchev–Trinajstić information content (AvgIpc) is 2.82. The summed E-state index contributed by atoms with van der Waals surface area (Å²) < 4.78 is 61.3. The van der Waals surface area contributed by atoms with Crippen molar-refractivity contribution < 1.29 is 30.5 Å². The van der Waals surface area contributed by atoms with Crippen LogP contribution in [0.1, 0.15) is 108 Å². The van der Waals surface area contributed by atoms with Gasteiger partial charge in [-0.2, -0.15) is 17.5 Å². The lowest BCUT2D eigenvalue weighted by Gasteiger charge is -2.25. The summed E-state index contributed by atoms with van der Waals surface area (Å²) in [6, 6.07) is 13.4. The van der Waals surface area contributed by atoms with Crippen molar-refractivity contribution in [3.63, 3.8) is 0 Å². The number of anilines is 1. The lowest BCUT2D eigenvalue weighted by atomic mass is 9.92. The second-order valence-electron chi connectivity index (χ2n) is 11.4. The van der Waals surface area contributed by atoms with Gasteiger partial charge in [-0.05, 0) is 46.0 Å². The van der Waals surface area contributed by atoms with Crippen LogP contribution in [-0.4, -0.2) is 34.7 Å². The van der Waals surface area contributed by atoms with Crippen molar-refractivity contribution in [1.82, 2.24) is 0 Å². The van der Waals surface area contributed by atoms with Gasteiger partial charge in [0.05, 0.1) is 6.16 Å². The van der Waals surface area contributed by atoms with Crippen molar-refractivity contribution in [3.8, 4) is 0 Å². The van der Waals surface area contributed by atoms with Gasteiger partial charge in [0, 0.05) is 35.5 Å². The average molecular weight is 633 g/mol. The number of benzene rings is 2. The van der Waals surface area contributed by atoms with E-state index >= 15 is 0 Å². The monoisotopic (exact) mass is 632 g/mol. The lowest BCUT2D eigenvalue weighted by Crippen LogP contribution is -2.21. The molecule has 0 bridgehead atoms. The Kier molecular flexibility index (Phi) is 12.1. The Bertz CT molecular complexity index is 1350. The number of hydrogen-bond acceptors (Lipinski definition) is 4. The molecule has 1 aliphatic heterocycles. The van der Waals surface area contributed by atoms with E-state index in [0.717, 1.165) is 6.16 Å². The van der Waals surface area contributed by atoms with Crippen LogP contribution in [0.3, 0.4) is 0 Å². The maximum Gasteiger partial charge on any atom is 0.485 e. The topological polar surface area (TPSA) is 72.2 Å². The smallest absolute Gasteiger partial charge is 0.485 e. The van der Waals surface area contributed by atoms with Gasteiger partial charge in [-0.25, -0.2) is 8.42 Å². The van der Waals surface area contributed by atoms with Crippen molar-refractivity contribution >= 4 is 45.9 Å². The van der Waals surface area contributed by atoms with Gasteiger partial charge in [0.2, 0.25) is 5.69 Å². The number of halogens is 4. The maximum atomic E-state index is 10.7. The van der Waals surface area contributed by atoms with E-state index < -0.39 is 23.1 Å². The highest BCUT2D eigenvalue weighted by molar-refractivity contribution is 7.86. The molecule has 3 rings (SSSR count). The van der Waals surface area contributed by atoms with Crippen LogP contribution in [0.5, 0.6) is 0 Å². The molecule has 0 saturated heterocycles. The summed E-state index contributed by atoms with van der Waals surface area (Å²) in [5, 5.41) is 3.83. The highest BCUT2D eigenvalue weighted by Gasteiger charge is 2.37. The van der Waals surface area contributed by atoms with Gasteiger partial charge >= 0.3 is 5.51 Å². The molecule has 0 aliphatic carbocycles. The molecule has 0 spiro atoms. The van der Waals surface area contributed by atoms with Gasteiger partial charge in [-0.15, -0.1) is 0 Å². The predicted molar refractivity (Wildman–Crippen MR) is 165 cm³/mol. The van der Waals surface area contributed by atoms with Crippen molar-refractivity contribution in [2.75, 3.05) is 11.5 Å². The summed E-state index contributed by atoms with van der Waals surface area (Å²) in [5.41, 5.74) is 4.87. The van der Waals surface area contributed by atoms with E-state index in [-0.39, 0.29) is 0 Å². The molecule has 1 aliphatic rings. The summed E-state index contributed by atoms with van der Waals surface area (Å²) in [6.45, 7) is 20.4. The van der Waals surface area contributed by atoms with E-state index in [4.69, 9.17) is 24.2 Å². The Morgan fingerprint density at radius 2 is 1.22 bits per heavy atom. The van der Waals surface area contributed by atoms with Crippen LogP contribution in [0.2, 0.25) is 0 Å². The zero-order chi connectivity index (χ0) is 31.4. The van der Waals surface area contributed by atoms with E-state index in [2.05, 4.69) is 114 Å². The second kappa shape index (κ2) is 14.0. The van der Waals surface area contributed by atoms with Crippen LogP contribution < -0.4 is 5.32 Å². The number of nitrogens with zero attached hydrogens (tertiary/aromatic N) is 1. The van der Waals surface area contributed by atoms with Crippen molar-refractivity contribution in [2.45, 2.75) is 91.5 Å². The first kappa shape index (κ1) is 35.3. The Morgan fingerprint density at radius 1 is 0.854 bits per heavy atom. The van der Waals surface area contributed by atoms with Crippen LogP contribution >= 0.6 is 18.7 Å². The van der Waals surface area contributed by atoms with Crippen LogP contribution in [0.15, 0.2) is 48.2 Å². The van der Waals surface area contributed by atoms with Gasteiger partial charge in [0.1, 0.15) is 0 Å². The largest absolute Gasteiger partial charge is 0.741 e. The zero-order valence-corrected chi connectivity index (χ0v) is 27.6. The molecule has 1 N–H and O–H groups in total. The molecule has 0 unspecified atom stereocenters. The zero-order valence-electron chi connectivity index (χ0n) is 25.1. The van der Waals surface area contributed by atoms with Crippen LogP contribution in [-0.2, 0) is 10.1 Å². The molecule has 2 aromatic rings. The molecular formula is C30H41ClF3N2O3PS. The quantitative estimate of drug-likeness (QED) is 0.187. The fraction of sp³-hybridized carbons (Fsp3) is 0.500. The summed E-state index contributed by atoms with van der Waals surface area (Å²) in [6.07, 6.45) is 3.14. The number of para-hydroxylation sites is 2. The highest BCUT2D eigenvalue weighted by Crippen LogP contribution is 2.53. The molecule has 0 radical (unpaired) electrons. The number of alkyl halides is 3. The van der Waals surface area contributed by atoms with Crippen molar-refractivity contribution in [3.05, 3.63) is 70.4 Å². The van der Waals surface area contributed by atoms with E-state index in [1.807, 2.05) is 0 Å². The molecular weight excluding hydrogens is 592 g/mol. The number of hydrogen-bond donors (Lipinski definition) is 1. The summed E-state index contributed by atoms with van der Waals surface area (Å²) in [5.74, 6) is 1.81. The summed E-state index contributed by atoms with van der Waals surface area (Å²) in [4.78, 5) is 0. The molecule has 228 valence electrons. The number of nitrogens with one attached hydrogen (secondary N) is 1. The third kappa shape index (κ3) is 8.79. The molecule has 1 heterocycles. The molecule has 2 aromatic carbocycles. The summed E-state index contributed by atoms with van der Waals surface area (Å²) in [7, 11) is -6.99. The molecule has 41 heavy (non-hydrogen) atoms. The normalized spacial score (nSPS) is 16.3. The SMILES string of the molecule is CC1=[N+](c2c(C(C)C)cccc2C(C)C)[P@](Cl)CC(Nc2c(C(C)C)cccc2C(C)C)=C1.O=S(=O)([O-])C(F)(F)F. The van der Waals surface area contributed by atoms with Gasteiger partial charge in [0.15, 0.2) is 15.8 Å². The molecule has 1 atom stereocenters. The van der Waals surface area contributed by atoms with E-state index in [1.165, 1.54) is 45.0 Å². The first-order chi connectivity index (χ1) is 18.8. The number of allylic oxidation sites excluding steroid dienone is 2. The molecule has 0 fully saturated rings. The first-order valence-corrected chi connectivity index (χ1v) is 17.4. The molecule has 11 heteroatoms. The first-order valence-electron chi connectivity index (χ1n) is 13.6. The fourth-order valence-electron chi connectivity index (χ4n) is 4.71. The minimum atomic E-state index is -6.09. The van der Waals surface area contributed by atoms with Gasteiger partial charge < -0.3 is 9.87 Å². The molecule has 0 saturated carbocycles. The highest BCUT2D eigenvalue weighted by atomic mass is 35.7. The summed E-state index contributed by atoms with van der Waals surface area (Å²) >= 11 is 7.22. The Morgan fingerprint density at radius 3 is 1.54 bits per heavy atom. The molecule has 5 nitrogen and oxygen atoms in total. The second-order valence-corrected chi connectivity index (χ2v) is 15.3. The third-order valence-electron chi connectivity index (χ3n) is 6.73. The van der Waals surface area contributed by atoms with E-state index in [1.54, 1.807) is 0 Å². The Balaban J connectivity index is 0.000000642. The van der Waals surface area contributed by atoms with Crippen LogP contribution in [0.25, 0.3) is 0 Å². The minimum Gasteiger partial charge on any atom is -0.741 e. The van der Waals surface area contributed by atoms with Crippen LogP contribution in [0.4, 0.5) is 24.5 Å². The van der Waals surface area contributed by atoms with Gasteiger partial charge in [-0.3, -0.25) is 0 Å². The van der Waals surface area contributed by atoms with E-state index in [0.29, 0.717) is 23.7 Å². The minimum absolute atomic E-state index is 0.446. The fourth-order valence-corrected chi connectivity index (χ4v) is 7.13. The predicted octanol–water partition coefficient (Wildman–Crippen LogP) is 9.90. The Hall–Kier alpha value is -1.93. The molecule has 0 aromatic heterocycles. The maximum absolute atomic E-state index is 10.7. The number of rotatable bonds is 7. The van der Waals surface area contributed by atoms with Gasteiger partial charge in [-0.1, -0.05) is 91.8 Å². The molecule has 0 amide bonds. The lowest BCUT2D eigenvalue weighted by molar-refractivity contribution is -0.256. The standard InChI is InChI=1S/C29H40ClN2P.CHF3O3S/c1-18(2)24-12-10-13-25(19(3)4)28(24)31-23-16-22(9)32(33(30)17-23)29-26(20(5)6)14-11-15-27(29)21(7)8;2-1(3,4)8(5,6)7/h10-16,18-21H,17H2,1-9H3;(H,5,6,7)/t33-;/m0./s1. The van der Waals surface area contributed by atoms with Crippen LogP contribution in [0, 0.1) is 0 Å². The van der Waals surface area contributed by atoms with Gasteiger partial charge in [0.25, 0.3) is 7.43 Å². The van der Waals surface area contributed by atoms with Crippen molar-refractivity contribution in [1.29, 1.82) is 0 Å².